The lowest BCUT2D eigenvalue weighted by atomic mass is 10.1. The minimum absolute atomic E-state index is 0.0149. The van der Waals surface area contributed by atoms with E-state index in [0.717, 1.165) is 18.2 Å². The van der Waals surface area contributed by atoms with Crippen molar-refractivity contribution >= 4 is 35.0 Å². The molecule has 0 unspecified atom stereocenters. The summed E-state index contributed by atoms with van der Waals surface area (Å²) >= 11 is 11.2. The fourth-order valence-electron chi connectivity index (χ4n) is 3.08. The zero-order chi connectivity index (χ0) is 23.5. The molecule has 1 saturated heterocycles. The number of alkyl halides is 3. The quantitative estimate of drug-likeness (QED) is 0.527. The summed E-state index contributed by atoms with van der Waals surface area (Å²) in [6, 6.07) is 7.22. The first-order valence-corrected chi connectivity index (χ1v) is 10.1. The van der Waals surface area contributed by atoms with Crippen LogP contribution in [0.15, 0.2) is 36.4 Å². The number of hydrogen-bond acceptors (Lipinski definition) is 4. The minimum atomic E-state index is -4.86. The Bertz CT molecular complexity index is 977. The molecule has 1 aliphatic rings. The van der Waals surface area contributed by atoms with Crippen molar-refractivity contribution in [3.05, 3.63) is 63.6 Å². The molecule has 1 N–H and O–H groups in total. The fourth-order valence-corrected chi connectivity index (χ4v) is 3.31. The van der Waals surface area contributed by atoms with Gasteiger partial charge in [-0.15, -0.1) is 0 Å². The van der Waals surface area contributed by atoms with Crippen molar-refractivity contribution in [2.75, 3.05) is 31.6 Å². The van der Waals surface area contributed by atoms with Crippen molar-refractivity contribution in [2.45, 2.75) is 18.4 Å². The van der Waals surface area contributed by atoms with E-state index < -0.39 is 42.7 Å². The Morgan fingerprint density at radius 1 is 1.16 bits per heavy atom. The number of anilines is 1. The van der Waals surface area contributed by atoms with Gasteiger partial charge in [0.05, 0.1) is 22.8 Å². The van der Waals surface area contributed by atoms with Crippen molar-refractivity contribution in [1.82, 2.24) is 4.90 Å². The third-order valence-electron chi connectivity index (χ3n) is 4.67. The second-order valence-electron chi connectivity index (χ2n) is 6.98. The molecule has 0 radical (unpaired) electrons. The van der Waals surface area contributed by atoms with Crippen LogP contribution in [0.5, 0.6) is 0 Å². The van der Waals surface area contributed by atoms with Gasteiger partial charge in [-0.3, -0.25) is 10.2 Å². The van der Waals surface area contributed by atoms with Gasteiger partial charge < -0.3 is 9.47 Å². The van der Waals surface area contributed by atoms with E-state index >= 15 is 0 Å². The van der Waals surface area contributed by atoms with Gasteiger partial charge in [-0.2, -0.15) is 13.2 Å². The SMILES string of the molecule is O=C(Nc1ccc(Cl)c(F)c1)O[C@@H](CN1CCO[C@H](c2ccc(Cl)c(F)c2)C1)C(F)(F)F. The highest BCUT2D eigenvalue weighted by Crippen LogP contribution is 2.29. The molecule has 5 nitrogen and oxygen atoms in total. The van der Waals surface area contributed by atoms with Crippen LogP contribution in [0.1, 0.15) is 11.7 Å². The molecule has 0 aromatic heterocycles. The Kier molecular flexibility index (Phi) is 7.81. The summed E-state index contributed by atoms with van der Waals surface area (Å²) in [6.07, 6.45) is -9.41. The van der Waals surface area contributed by atoms with E-state index in [1.165, 1.54) is 23.1 Å². The Labute approximate surface area is 190 Å². The fraction of sp³-hybridized carbons (Fsp3) is 0.350. The van der Waals surface area contributed by atoms with E-state index in [1.54, 1.807) is 0 Å². The molecule has 32 heavy (non-hydrogen) atoms. The normalized spacial score (nSPS) is 18.3. The molecule has 2 aromatic carbocycles. The average molecular weight is 499 g/mol. The van der Waals surface area contributed by atoms with Gasteiger partial charge in [0.15, 0.2) is 0 Å². The van der Waals surface area contributed by atoms with Gasteiger partial charge in [-0.25, -0.2) is 13.6 Å². The van der Waals surface area contributed by atoms with Crippen molar-refractivity contribution in [3.8, 4) is 0 Å². The Balaban J connectivity index is 1.65. The molecule has 0 spiro atoms. The highest BCUT2D eigenvalue weighted by atomic mass is 35.5. The third kappa shape index (κ3) is 6.44. The van der Waals surface area contributed by atoms with Gasteiger partial charge in [-0.05, 0) is 35.9 Å². The first kappa shape index (κ1) is 24.5. The van der Waals surface area contributed by atoms with Crippen LogP contribution in [-0.2, 0) is 9.47 Å². The minimum Gasteiger partial charge on any atom is -0.435 e. The maximum atomic E-state index is 13.7. The molecule has 0 bridgehead atoms. The Morgan fingerprint density at radius 2 is 1.81 bits per heavy atom. The molecular weight excluding hydrogens is 482 g/mol. The summed E-state index contributed by atoms with van der Waals surface area (Å²) in [5.41, 5.74) is 0.303. The summed E-state index contributed by atoms with van der Waals surface area (Å²) in [6.45, 7) is -0.412. The van der Waals surface area contributed by atoms with Crippen LogP contribution in [0.25, 0.3) is 0 Å². The second-order valence-corrected chi connectivity index (χ2v) is 7.80. The van der Waals surface area contributed by atoms with Crippen LogP contribution in [0, 0.1) is 11.6 Å². The summed E-state index contributed by atoms with van der Waals surface area (Å²) in [4.78, 5) is 13.4. The van der Waals surface area contributed by atoms with Crippen LogP contribution in [-0.4, -0.2) is 49.5 Å². The number of carbonyl (C=O) groups is 1. The van der Waals surface area contributed by atoms with Crippen molar-refractivity contribution < 1.29 is 36.2 Å². The number of amides is 1. The zero-order valence-corrected chi connectivity index (χ0v) is 17.8. The largest absolute Gasteiger partial charge is 0.435 e. The third-order valence-corrected chi connectivity index (χ3v) is 5.28. The summed E-state index contributed by atoms with van der Waals surface area (Å²) in [5, 5.41) is 1.75. The first-order valence-electron chi connectivity index (χ1n) is 9.31. The summed E-state index contributed by atoms with van der Waals surface area (Å²) < 4.78 is 77.8. The van der Waals surface area contributed by atoms with E-state index in [1.807, 2.05) is 5.32 Å². The smallest absolute Gasteiger partial charge is 0.426 e. The number of morpholine rings is 1. The number of hydrogen-bond donors (Lipinski definition) is 1. The van der Waals surface area contributed by atoms with Crippen molar-refractivity contribution in [1.29, 1.82) is 0 Å². The highest BCUT2D eigenvalue weighted by Gasteiger charge is 2.44. The lowest BCUT2D eigenvalue weighted by Gasteiger charge is -2.35. The molecule has 1 fully saturated rings. The Morgan fingerprint density at radius 3 is 2.44 bits per heavy atom. The molecular formula is C20H17Cl2F5N2O3. The molecule has 1 heterocycles. The molecule has 1 amide bonds. The van der Waals surface area contributed by atoms with Gasteiger partial charge in [-0.1, -0.05) is 29.3 Å². The number of ether oxygens (including phenoxy) is 2. The van der Waals surface area contributed by atoms with E-state index in [4.69, 9.17) is 27.9 Å². The number of carbonyl (C=O) groups excluding carboxylic acids is 1. The molecule has 2 aromatic rings. The topological polar surface area (TPSA) is 50.8 Å². The number of nitrogens with zero attached hydrogens (tertiary/aromatic N) is 1. The zero-order valence-electron chi connectivity index (χ0n) is 16.3. The monoisotopic (exact) mass is 498 g/mol. The Hall–Kier alpha value is -2.14. The molecule has 0 aliphatic carbocycles. The van der Waals surface area contributed by atoms with Gasteiger partial charge in [0.25, 0.3) is 0 Å². The van der Waals surface area contributed by atoms with Gasteiger partial charge in [0, 0.05) is 25.3 Å². The molecule has 12 heteroatoms. The lowest BCUT2D eigenvalue weighted by molar-refractivity contribution is -0.209. The number of benzene rings is 2. The number of nitrogens with one attached hydrogen (secondary N) is 1. The van der Waals surface area contributed by atoms with Crippen LogP contribution in [0.4, 0.5) is 32.4 Å². The van der Waals surface area contributed by atoms with Gasteiger partial charge >= 0.3 is 12.3 Å². The van der Waals surface area contributed by atoms with Gasteiger partial charge in [0.1, 0.15) is 11.6 Å². The predicted octanol–water partition coefficient (Wildman–Crippen LogP) is 5.82. The molecule has 174 valence electrons. The van der Waals surface area contributed by atoms with E-state index in [9.17, 15) is 26.7 Å². The van der Waals surface area contributed by atoms with Crippen LogP contribution in [0.2, 0.25) is 10.0 Å². The number of halogens is 7. The molecule has 1 aliphatic heterocycles. The summed E-state index contributed by atoms with van der Waals surface area (Å²) in [7, 11) is 0. The molecule has 2 atom stereocenters. The molecule has 0 saturated carbocycles. The predicted molar refractivity (Wildman–Crippen MR) is 108 cm³/mol. The van der Waals surface area contributed by atoms with E-state index in [0.29, 0.717) is 5.56 Å². The maximum Gasteiger partial charge on any atom is 0.426 e. The van der Waals surface area contributed by atoms with E-state index in [2.05, 4.69) is 4.74 Å². The second kappa shape index (κ2) is 10.2. The lowest BCUT2D eigenvalue weighted by Crippen LogP contribution is -2.48. The standard InChI is InChI=1S/C20H17Cl2F5N2O3/c21-13-3-1-11(7-15(13)23)17-9-29(5-6-31-17)10-18(20(25,26)27)32-19(30)28-12-2-4-14(22)16(24)8-12/h1-4,7-8,17-18H,5-6,9-10H2,(H,28,30)/t17-,18-/m0/s1. The first-order chi connectivity index (χ1) is 15.0. The van der Waals surface area contributed by atoms with E-state index in [-0.39, 0.29) is 35.4 Å². The van der Waals surface area contributed by atoms with Crippen molar-refractivity contribution in [3.63, 3.8) is 0 Å². The van der Waals surface area contributed by atoms with Crippen LogP contribution in [0.3, 0.4) is 0 Å². The maximum absolute atomic E-state index is 13.7. The van der Waals surface area contributed by atoms with Crippen molar-refractivity contribution in [2.24, 2.45) is 0 Å². The average Bonchev–Trinajstić information content (AvgIpc) is 2.72. The summed E-state index contributed by atoms with van der Waals surface area (Å²) in [5.74, 6) is -1.52. The molecule has 3 rings (SSSR count). The van der Waals surface area contributed by atoms with Crippen LogP contribution >= 0.6 is 23.2 Å². The number of rotatable bonds is 5. The van der Waals surface area contributed by atoms with Crippen LogP contribution < -0.4 is 5.32 Å². The highest BCUT2D eigenvalue weighted by molar-refractivity contribution is 6.31. The van der Waals surface area contributed by atoms with Gasteiger partial charge in [0.2, 0.25) is 6.10 Å².